The van der Waals surface area contributed by atoms with Gasteiger partial charge in [-0.25, -0.2) is 4.79 Å². The van der Waals surface area contributed by atoms with E-state index in [1.54, 1.807) is 12.1 Å². The summed E-state index contributed by atoms with van der Waals surface area (Å²) < 4.78 is 10.8. The first-order valence-corrected chi connectivity index (χ1v) is 8.58. The zero-order chi connectivity index (χ0) is 18.4. The number of aromatic hydroxyl groups is 1. The lowest BCUT2D eigenvalue weighted by atomic mass is 9.91. The number of phenols is 1. The Balaban J connectivity index is 2.58. The van der Waals surface area contributed by atoms with Crippen LogP contribution < -0.4 is 0 Å². The minimum atomic E-state index is -0.861. The number of unbranched alkanes of at least 4 members (excludes halogenated alkanes) is 1. The third-order valence-corrected chi connectivity index (χ3v) is 4.24. The van der Waals surface area contributed by atoms with Gasteiger partial charge in [0.25, 0.3) is 0 Å². The van der Waals surface area contributed by atoms with Crippen LogP contribution in [0.5, 0.6) is 5.75 Å². The molecule has 1 atom stereocenters. The van der Waals surface area contributed by atoms with Crippen molar-refractivity contribution in [3.05, 3.63) is 53.1 Å². The Morgan fingerprint density at radius 2 is 1.80 bits per heavy atom. The SMILES string of the molecule is CCCCOC(C(=O)OC)c1c(C)ccc(O)c1-c1ccc(C)cc1. The molecule has 0 fully saturated rings. The van der Waals surface area contributed by atoms with Crippen LogP contribution in [0.15, 0.2) is 36.4 Å². The van der Waals surface area contributed by atoms with Crippen molar-refractivity contribution in [1.82, 2.24) is 0 Å². The molecule has 0 aliphatic heterocycles. The zero-order valence-electron chi connectivity index (χ0n) is 15.3. The first-order chi connectivity index (χ1) is 12.0. The van der Waals surface area contributed by atoms with E-state index in [4.69, 9.17) is 9.47 Å². The first-order valence-electron chi connectivity index (χ1n) is 8.58. The van der Waals surface area contributed by atoms with Gasteiger partial charge in [-0.05, 0) is 37.5 Å². The number of carbonyl (C=O) groups excluding carboxylic acids is 1. The van der Waals surface area contributed by atoms with Gasteiger partial charge in [-0.3, -0.25) is 0 Å². The van der Waals surface area contributed by atoms with Gasteiger partial charge in [-0.15, -0.1) is 0 Å². The van der Waals surface area contributed by atoms with Crippen LogP contribution in [0, 0.1) is 13.8 Å². The van der Waals surface area contributed by atoms with E-state index >= 15 is 0 Å². The topological polar surface area (TPSA) is 55.8 Å². The fraction of sp³-hybridized carbons (Fsp3) is 0.381. The fourth-order valence-corrected chi connectivity index (χ4v) is 2.80. The van der Waals surface area contributed by atoms with Crippen molar-refractivity contribution >= 4 is 5.97 Å². The van der Waals surface area contributed by atoms with Crippen LogP contribution in [-0.2, 0) is 14.3 Å². The number of methoxy groups -OCH3 is 1. The maximum atomic E-state index is 12.4. The summed E-state index contributed by atoms with van der Waals surface area (Å²) in [6.07, 6.45) is 0.961. The average Bonchev–Trinajstić information content (AvgIpc) is 2.61. The van der Waals surface area contributed by atoms with Crippen LogP contribution in [0.4, 0.5) is 0 Å². The molecular weight excluding hydrogens is 316 g/mol. The molecule has 1 N–H and O–H groups in total. The van der Waals surface area contributed by atoms with Crippen LogP contribution >= 0.6 is 0 Å². The third kappa shape index (κ3) is 4.40. The minimum absolute atomic E-state index is 0.123. The predicted molar refractivity (Wildman–Crippen MR) is 98.6 cm³/mol. The normalized spacial score (nSPS) is 12.0. The van der Waals surface area contributed by atoms with Gasteiger partial charge in [0.1, 0.15) is 5.75 Å². The highest BCUT2D eigenvalue weighted by Crippen LogP contribution is 2.39. The van der Waals surface area contributed by atoms with Gasteiger partial charge in [0.15, 0.2) is 6.10 Å². The second kappa shape index (κ2) is 8.67. The Morgan fingerprint density at radius 3 is 2.40 bits per heavy atom. The van der Waals surface area contributed by atoms with Crippen LogP contribution in [0.1, 0.15) is 42.6 Å². The van der Waals surface area contributed by atoms with E-state index in [1.165, 1.54) is 7.11 Å². The van der Waals surface area contributed by atoms with Crippen LogP contribution in [-0.4, -0.2) is 24.8 Å². The van der Waals surface area contributed by atoms with Gasteiger partial charge >= 0.3 is 5.97 Å². The van der Waals surface area contributed by atoms with Gasteiger partial charge in [-0.2, -0.15) is 0 Å². The van der Waals surface area contributed by atoms with E-state index in [2.05, 4.69) is 6.92 Å². The molecule has 0 spiro atoms. The van der Waals surface area contributed by atoms with E-state index in [0.717, 1.165) is 29.5 Å². The van der Waals surface area contributed by atoms with E-state index in [-0.39, 0.29) is 5.75 Å². The Hall–Kier alpha value is -2.33. The monoisotopic (exact) mass is 342 g/mol. The predicted octanol–water partition coefficient (Wildman–Crippen LogP) is 4.71. The highest BCUT2D eigenvalue weighted by atomic mass is 16.6. The van der Waals surface area contributed by atoms with Crippen molar-refractivity contribution in [1.29, 1.82) is 0 Å². The smallest absolute Gasteiger partial charge is 0.339 e. The summed E-state index contributed by atoms with van der Waals surface area (Å²) in [5.41, 5.74) is 4.12. The van der Waals surface area contributed by atoms with E-state index in [0.29, 0.717) is 17.7 Å². The van der Waals surface area contributed by atoms with Gasteiger partial charge < -0.3 is 14.6 Å². The lowest BCUT2D eigenvalue weighted by molar-refractivity contribution is -0.154. The van der Waals surface area contributed by atoms with Crippen LogP contribution in [0.2, 0.25) is 0 Å². The molecule has 2 aromatic rings. The van der Waals surface area contributed by atoms with Crippen molar-refractivity contribution < 1.29 is 19.4 Å². The summed E-state index contributed by atoms with van der Waals surface area (Å²) in [6, 6.07) is 11.3. The second-order valence-electron chi connectivity index (χ2n) is 6.18. The molecule has 0 amide bonds. The largest absolute Gasteiger partial charge is 0.507 e. The van der Waals surface area contributed by atoms with Crippen molar-refractivity contribution in [2.45, 2.75) is 39.7 Å². The standard InChI is InChI=1S/C21H26O4/c1-5-6-13-25-20(21(23)24-4)18-15(3)9-12-17(22)19(18)16-10-7-14(2)8-11-16/h7-12,20,22H,5-6,13H2,1-4H3. The number of phenolic OH excluding ortho intramolecular Hbond substituents is 1. The van der Waals surface area contributed by atoms with Gasteiger partial charge in [0.2, 0.25) is 0 Å². The van der Waals surface area contributed by atoms with E-state index in [9.17, 15) is 9.90 Å². The van der Waals surface area contributed by atoms with Crippen molar-refractivity contribution in [3.8, 4) is 16.9 Å². The number of aryl methyl sites for hydroxylation is 2. The molecule has 134 valence electrons. The number of benzene rings is 2. The second-order valence-corrected chi connectivity index (χ2v) is 6.18. The molecular formula is C21H26O4. The highest BCUT2D eigenvalue weighted by molar-refractivity contribution is 5.84. The molecule has 2 rings (SSSR count). The fourth-order valence-electron chi connectivity index (χ4n) is 2.80. The Bertz CT molecular complexity index is 719. The van der Waals surface area contributed by atoms with Crippen LogP contribution in [0.3, 0.4) is 0 Å². The Kier molecular flexibility index (Phi) is 6.59. The summed E-state index contributed by atoms with van der Waals surface area (Å²) >= 11 is 0. The average molecular weight is 342 g/mol. The van der Waals surface area contributed by atoms with Gasteiger partial charge in [0.05, 0.1) is 7.11 Å². The molecule has 0 heterocycles. The Morgan fingerprint density at radius 1 is 1.12 bits per heavy atom. The van der Waals surface area contributed by atoms with Gasteiger partial charge in [0, 0.05) is 17.7 Å². The molecule has 0 radical (unpaired) electrons. The summed E-state index contributed by atoms with van der Waals surface area (Å²) in [5, 5.41) is 10.5. The number of hydrogen-bond donors (Lipinski definition) is 1. The van der Waals surface area contributed by atoms with Crippen molar-refractivity contribution in [3.63, 3.8) is 0 Å². The van der Waals surface area contributed by atoms with Crippen molar-refractivity contribution in [2.75, 3.05) is 13.7 Å². The summed E-state index contributed by atoms with van der Waals surface area (Å²) in [4.78, 5) is 12.4. The number of carbonyl (C=O) groups is 1. The molecule has 0 bridgehead atoms. The molecule has 0 saturated heterocycles. The van der Waals surface area contributed by atoms with E-state index < -0.39 is 12.1 Å². The van der Waals surface area contributed by atoms with E-state index in [1.807, 2.05) is 38.1 Å². The summed E-state index contributed by atoms with van der Waals surface area (Å²) in [6.45, 7) is 6.43. The molecule has 1 unspecified atom stereocenters. The lowest BCUT2D eigenvalue weighted by Gasteiger charge is -2.22. The molecule has 0 saturated carbocycles. The number of esters is 1. The summed E-state index contributed by atoms with van der Waals surface area (Å²) in [7, 11) is 1.35. The highest BCUT2D eigenvalue weighted by Gasteiger charge is 2.28. The summed E-state index contributed by atoms with van der Waals surface area (Å²) in [5.74, 6) is -0.337. The molecule has 4 heteroatoms. The van der Waals surface area contributed by atoms with Gasteiger partial charge in [-0.1, -0.05) is 49.2 Å². The molecule has 0 aliphatic carbocycles. The zero-order valence-corrected chi connectivity index (χ0v) is 15.3. The molecule has 25 heavy (non-hydrogen) atoms. The first kappa shape index (κ1) is 19.0. The minimum Gasteiger partial charge on any atom is -0.507 e. The number of rotatable bonds is 7. The maximum Gasteiger partial charge on any atom is 0.339 e. The molecule has 0 aliphatic rings. The lowest BCUT2D eigenvalue weighted by Crippen LogP contribution is -2.20. The molecule has 2 aromatic carbocycles. The third-order valence-electron chi connectivity index (χ3n) is 4.24. The number of ether oxygens (including phenoxy) is 2. The molecule has 0 aromatic heterocycles. The van der Waals surface area contributed by atoms with Crippen molar-refractivity contribution in [2.24, 2.45) is 0 Å². The quantitative estimate of drug-likeness (QED) is 0.585. The van der Waals surface area contributed by atoms with Crippen LogP contribution in [0.25, 0.3) is 11.1 Å². The number of hydrogen-bond acceptors (Lipinski definition) is 4. The molecule has 4 nitrogen and oxygen atoms in total. The Labute approximate surface area is 149 Å². The maximum absolute atomic E-state index is 12.4.